The van der Waals surface area contributed by atoms with E-state index < -0.39 is 17.5 Å². The summed E-state index contributed by atoms with van der Waals surface area (Å²) in [6, 6.07) is 17.0. The van der Waals surface area contributed by atoms with Gasteiger partial charge in [-0.2, -0.15) is 0 Å². The van der Waals surface area contributed by atoms with E-state index in [1.165, 1.54) is 12.1 Å². The van der Waals surface area contributed by atoms with Gasteiger partial charge in [-0.1, -0.05) is 36.3 Å². The molecule has 1 heterocycles. The van der Waals surface area contributed by atoms with Gasteiger partial charge in [-0.05, 0) is 105 Å². The molecule has 2 N–H and O–H groups in total. The fraction of sp³-hybridized carbons (Fsp3) is 0.394. The fourth-order valence-electron chi connectivity index (χ4n) is 5.19. The zero-order chi connectivity index (χ0) is 29.2. The standard InChI is InChI=1S/C33H39F2N3O3/c1-3-17-38(18-5-6-30-21-32(37-41-30)25-9-11-26(12-10-25)33(36)39)22-27-19-29(40-4-2)16-14-23(27)7-8-24-13-15-28(34)20-31(24)35/h9-16,19-20,30H,3-8,17-18,21-22H2,1-2H3,(H2,36,39). The van der Waals surface area contributed by atoms with E-state index in [4.69, 9.17) is 15.3 Å². The van der Waals surface area contributed by atoms with Crippen molar-refractivity contribution < 1.29 is 23.1 Å². The van der Waals surface area contributed by atoms with E-state index in [1.807, 2.05) is 25.1 Å². The van der Waals surface area contributed by atoms with Gasteiger partial charge in [-0.3, -0.25) is 9.69 Å². The highest BCUT2D eigenvalue weighted by molar-refractivity contribution is 6.02. The van der Waals surface area contributed by atoms with E-state index in [0.29, 0.717) is 30.6 Å². The molecule has 0 aromatic heterocycles. The van der Waals surface area contributed by atoms with Crippen molar-refractivity contribution in [3.05, 3.63) is 100 Å². The van der Waals surface area contributed by atoms with Gasteiger partial charge in [0.25, 0.3) is 0 Å². The summed E-state index contributed by atoms with van der Waals surface area (Å²) in [5.41, 5.74) is 10.4. The number of carbonyl (C=O) groups excluding carboxylic acids is 1. The number of rotatable bonds is 15. The number of hydrogen-bond donors (Lipinski definition) is 1. The Kier molecular flexibility index (Phi) is 10.8. The third-order valence-electron chi connectivity index (χ3n) is 7.34. The van der Waals surface area contributed by atoms with Crippen LogP contribution in [0.15, 0.2) is 65.8 Å². The Balaban J connectivity index is 1.35. The summed E-state index contributed by atoms with van der Waals surface area (Å²) < 4.78 is 33.4. The van der Waals surface area contributed by atoms with Crippen molar-refractivity contribution in [1.82, 2.24) is 4.90 Å². The van der Waals surface area contributed by atoms with E-state index in [-0.39, 0.29) is 6.10 Å². The third kappa shape index (κ3) is 8.60. The second-order valence-electron chi connectivity index (χ2n) is 10.4. The largest absolute Gasteiger partial charge is 0.494 e. The lowest BCUT2D eigenvalue weighted by molar-refractivity contribution is 0.0744. The van der Waals surface area contributed by atoms with Gasteiger partial charge in [-0.25, -0.2) is 8.78 Å². The van der Waals surface area contributed by atoms with Gasteiger partial charge < -0.3 is 15.3 Å². The van der Waals surface area contributed by atoms with E-state index >= 15 is 0 Å². The first kappa shape index (κ1) is 30.2. The zero-order valence-electron chi connectivity index (χ0n) is 23.9. The third-order valence-corrected chi connectivity index (χ3v) is 7.34. The lowest BCUT2D eigenvalue weighted by atomic mass is 9.98. The monoisotopic (exact) mass is 563 g/mol. The fourth-order valence-corrected chi connectivity index (χ4v) is 5.19. The lowest BCUT2D eigenvalue weighted by Crippen LogP contribution is -2.27. The van der Waals surface area contributed by atoms with Gasteiger partial charge in [0.1, 0.15) is 23.5 Å². The van der Waals surface area contributed by atoms with Gasteiger partial charge >= 0.3 is 0 Å². The molecule has 1 aliphatic heterocycles. The molecule has 1 unspecified atom stereocenters. The minimum Gasteiger partial charge on any atom is -0.494 e. The van der Waals surface area contributed by atoms with E-state index in [0.717, 1.165) is 79.5 Å². The number of nitrogens with two attached hydrogens (primary N) is 1. The minimum absolute atomic E-state index is 0.0201. The number of primary amides is 1. The Bertz CT molecular complexity index is 1340. The zero-order valence-corrected chi connectivity index (χ0v) is 23.9. The van der Waals surface area contributed by atoms with E-state index in [2.05, 4.69) is 29.1 Å². The molecule has 3 aromatic carbocycles. The summed E-state index contributed by atoms with van der Waals surface area (Å²) >= 11 is 0. The maximum Gasteiger partial charge on any atom is 0.248 e. The molecule has 6 nitrogen and oxygen atoms in total. The van der Waals surface area contributed by atoms with Gasteiger partial charge in [-0.15, -0.1) is 0 Å². The maximum absolute atomic E-state index is 14.3. The van der Waals surface area contributed by atoms with Gasteiger partial charge in [0, 0.05) is 24.6 Å². The highest BCUT2D eigenvalue weighted by Gasteiger charge is 2.22. The van der Waals surface area contributed by atoms with Crippen LogP contribution in [0.25, 0.3) is 0 Å². The van der Waals surface area contributed by atoms with Crippen molar-refractivity contribution in [1.29, 1.82) is 0 Å². The molecular formula is C33H39F2N3O3. The van der Waals surface area contributed by atoms with Crippen molar-refractivity contribution in [2.75, 3.05) is 19.7 Å². The highest BCUT2D eigenvalue weighted by Crippen LogP contribution is 2.24. The predicted octanol–water partition coefficient (Wildman–Crippen LogP) is 6.43. The van der Waals surface area contributed by atoms with Crippen molar-refractivity contribution in [2.45, 2.75) is 65.0 Å². The van der Waals surface area contributed by atoms with E-state index in [9.17, 15) is 13.6 Å². The molecule has 41 heavy (non-hydrogen) atoms. The molecule has 0 saturated carbocycles. The number of ether oxygens (including phenoxy) is 1. The van der Waals surface area contributed by atoms with Gasteiger partial charge in [0.05, 0.1) is 12.3 Å². The van der Waals surface area contributed by atoms with Crippen LogP contribution >= 0.6 is 0 Å². The SMILES string of the molecule is CCCN(CCCC1CC(c2ccc(C(N)=O)cc2)=NO1)Cc1cc(OCC)ccc1CCc1ccc(F)cc1F. The van der Waals surface area contributed by atoms with Gasteiger partial charge in [0.15, 0.2) is 0 Å². The first-order valence-electron chi connectivity index (χ1n) is 14.4. The van der Waals surface area contributed by atoms with Crippen LogP contribution in [0.5, 0.6) is 5.75 Å². The number of benzene rings is 3. The molecule has 1 aliphatic rings. The maximum atomic E-state index is 14.3. The number of hydrogen-bond acceptors (Lipinski definition) is 5. The van der Waals surface area contributed by atoms with Crippen LogP contribution < -0.4 is 10.5 Å². The minimum atomic E-state index is -0.562. The second kappa shape index (κ2) is 14.7. The smallest absolute Gasteiger partial charge is 0.248 e. The molecule has 0 aliphatic carbocycles. The molecule has 4 rings (SSSR count). The predicted molar refractivity (Wildman–Crippen MR) is 157 cm³/mol. The van der Waals surface area contributed by atoms with Crippen LogP contribution in [0.3, 0.4) is 0 Å². The molecule has 0 bridgehead atoms. The summed E-state index contributed by atoms with van der Waals surface area (Å²) in [5.74, 6) is -0.695. The van der Waals surface area contributed by atoms with Crippen LogP contribution in [0.2, 0.25) is 0 Å². The Morgan fingerprint density at radius 3 is 2.46 bits per heavy atom. The first-order valence-corrected chi connectivity index (χ1v) is 14.4. The average molecular weight is 564 g/mol. The number of nitrogens with zero attached hydrogens (tertiary/aromatic N) is 2. The van der Waals surface area contributed by atoms with Crippen LogP contribution in [-0.2, 0) is 24.2 Å². The number of halogens is 2. The van der Waals surface area contributed by atoms with Crippen molar-refractivity contribution in [2.24, 2.45) is 10.9 Å². The second-order valence-corrected chi connectivity index (χ2v) is 10.4. The number of oxime groups is 1. The highest BCUT2D eigenvalue weighted by atomic mass is 19.1. The number of aryl methyl sites for hydroxylation is 2. The van der Waals surface area contributed by atoms with Crippen LogP contribution in [0.4, 0.5) is 8.78 Å². The Morgan fingerprint density at radius 2 is 1.76 bits per heavy atom. The molecule has 1 atom stereocenters. The molecule has 218 valence electrons. The number of amides is 1. The number of carbonyl (C=O) groups is 1. The Labute approximate surface area is 241 Å². The van der Waals surface area contributed by atoms with Crippen LogP contribution in [0.1, 0.15) is 72.1 Å². The molecular weight excluding hydrogens is 524 g/mol. The average Bonchev–Trinajstić information content (AvgIpc) is 3.43. The summed E-state index contributed by atoms with van der Waals surface area (Å²) in [5, 5.41) is 4.28. The molecule has 8 heteroatoms. The Hall–Kier alpha value is -3.78. The Morgan fingerprint density at radius 1 is 1.00 bits per heavy atom. The quantitative estimate of drug-likeness (QED) is 0.231. The van der Waals surface area contributed by atoms with Crippen LogP contribution in [0, 0.1) is 11.6 Å². The first-order chi connectivity index (χ1) is 19.9. The summed E-state index contributed by atoms with van der Waals surface area (Å²) in [6.07, 6.45) is 4.75. The molecule has 0 spiro atoms. The summed E-state index contributed by atoms with van der Waals surface area (Å²) in [6.45, 7) is 7.33. The molecule has 1 amide bonds. The topological polar surface area (TPSA) is 77.2 Å². The van der Waals surface area contributed by atoms with E-state index in [1.54, 1.807) is 12.1 Å². The van der Waals surface area contributed by atoms with Crippen molar-refractivity contribution >= 4 is 11.6 Å². The molecule has 3 aromatic rings. The van der Waals surface area contributed by atoms with Crippen molar-refractivity contribution in [3.8, 4) is 5.75 Å². The van der Waals surface area contributed by atoms with Gasteiger partial charge in [0.2, 0.25) is 5.91 Å². The van der Waals surface area contributed by atoms with Crippen molar-refractivity contribution in [3.63, 3.8) is 0 Å². The lowest BCUT2D eigenvalue weighted by Gasteiger charge is -2.24. The van der Waals surface area contributed by atoms with Crippen LogP contribution in [-0.4, -0.2) is 42.3 Å². The molecule has 0 saturated heterocycles. The molecule has 0 fully saturated rings. The normalized spacial score (nSPS) is 14.7. The summed E-state index contributed by atoms with van der Waals surface area (Å²) in [4.78, 5) is 19.5. The summed E-state index contributed by atoms with van der Waals surface area (Å²) in [7, 11) is 0. The molecule has 0 radical (unpaired) electrons.